The molecule has 3 N–H and O–H groups in total. The van der Waals surface area contributed by atoms with Crippen molar-refractivity contribution in [3.63, 3.8) is 0 Å². The summed E-state index contributed by atoms with van der Waals surface area (Å²) in [5.74, 6) is -0.755. The van der Waals surface area contributed by atoms with Crippen molar-refractivity contribution in [1.29, 1.82) is 0 Å². The summed E-state index contributed by atoms with van der Waals surface area (Å²) in [6.07, 6.45) is 3.27. The first-order valence-corrected chi connectivity index (χ1v) is 13.8. The fourth-order valence-corrected chi connectivity index (χ4v) is 4.64. The minimum atomic E-state index is -0.459. The largest absolute Gasteiger partial charge is 0.378 e. The molecular weight excluding hydrogens is 530 g/mol. The zero-order valence-electron chi connectivity index (χ0n) is 21.4. The summed E-state index contributed by atoms with van der Waals surface area (Å²) in [7, 11) is 3.90. The highest BCUT2D eigenvalue weighted by molar-refractivity contribution is 8.00. The maximum Gasteiger partial charge on any atom is 0.272 e. The molecule has 1 heterocycles. The average molecular weight is 558 g/mol. The van der Waals surface area contributed by atoms with E-state index in [1.54, 1.807) is 54.1 Å². The third-order valence-electron chi connectivity index (χ3n) is 5.41. The van der Waals surface area contributed by atoms with E-state index in [1.807, 2.05) is 61.5 Å². The molecule has 3 aromatic carbocycles. The Bertz CT molecular complexity index is 1440. The van der Waals surface area contributed by atoms with Gasteiger partial charge in [0.15, 0.2) is 5.13 Å². The second-order valence-corrected chi connectivity index (χ2v) is 10.5. The van der Waals surface area contributed by atoms with Crippen LogP contribution in [0.25, 0.3) is 6.08 Å². The van der Waals surface area contributed by atoms with Crippen molar-refractivity contribution >= 4 is 63.4 Å². The molecule has 0 fully saturated rings. The predicted octanol–water partition coefficient (Wildman–Crippen LogP) is 5.35. The zero-order valence-corrected chi connectivity index (χ0v) is 23.0. The third kappa shape index (κ3) is 8.29. The number of carbonyl (C=O) groups excluding carboxylic acids is 3. The molecule has 1 aromatic heterocycles. The van der Waals surface area contributed by atoms with Crippen LogP contribution in [-0.4, -0.2) is 42.6 Å². The molecular formula is C29H27N5O3S2. The maximum atomic E-state index is 13.2. The van der Waals surface area contributed by atoms with Gasteiger partial charge in [-0.1, -0.05) is 30.3 Å². The number of hydrogen-bond acceptors (Lipinski definition) is 7. The number of benzene rings is 3. The van der Waals surface area contributed by atoms with Crippen LogP contribution in [0.15, 0.2) is 101 Å². The van der Waals surface area contributed by atoms with Gasteiger partial charge in [0.2, 0.25) is 5.91 Å². The van der Waals surface area contributed by atoms with Gasteiger partial charge in [-0.3, -0.25) is 14.4 Å². The molecule has 39 heavy (non-hydrogen) atoms. The number of rotatable bonds is 10. The minimum absolute atomic E-state index is 0.110. The Morgan fingerprint density at radius 3 is 2.28 bits per heavy atom. The molecule has 4 aromatic rings. The van der Waals surface area contributed by atoms with E-state index in [4.69, 9.17) is 0 Å². The zero-order chi connectivity index (χ0) is 27.6. The molecule has 8 nitrogen and oxygen atoms in total. The van der Waals surface area contributed by atoms with Crippen molar-refractivity contribution in [2.45, 2.75) is 4.90 Å². The van der Waals surface area contributed by atoms with Gasteiger partial charge in [0, 0.05) is 47.5 Å². The lowest BCUT2D eigenvalue weighted by molar-refractivity contribution is -0.114. The van der Waals surface area contributed by atoms with Crippen LogP contribution in [0, 0.1) is 0 Å². The first kappa shape index (κ1) is 27.6. The number of aromatic nitrogens is 1. The Balaban J connectivity index is 1.43. The lowest BCUT2D eigenvalue weighted by Crippen LogP contribution is -2.30. The van der Waals surface area contributed by atoms with Gasteiger partial charge in [0.1, 0.15) is 5.70 Å². The Labute approximate surface area is 235 Å². The quantitative estimate of drug-likeness (QED) is 0.179. The van der Waals surface area contributed by atoms with E-state index in [1.165, 1.54) is 23.1 Å². The van der Waals surface area contributed by atoms with Crippen LogP contribution in [0.1, 0.15) is 15.9 Å². The summed E-state index contributed by atoms with van der Waals surface area (Å²) in [4.78, 5) is 45.1. The Morgan fingerprint density at radius 1 is 0.923 bits per heavy atom. The summed E-state index contributed by atoms with van der Waals surface area (Å²) in [6, 6.07) is 23.5. The van der Waals surface area contributed by atoms with Crippen molar-refractivity contribution < 1.29 is 14.4 Å². The third-order valence-corrected chi connectivity index (χ3v) is 7.11. The van der Waals surface area contributed by atoms with Crippen molar-refractivity contribution in [2.75, 3.05) is 35.4 Å². The number of amides is 3. The van der Waals surface area contributed by atoms with E-state index in [2.05, 4.69) is 20.9 Å². The van der Waals surface area contributed by atoms with Crippen molar-refractivity contribution in [3.8, 4) is 0 Å². The van der Waals surface area contributed by atoms with Gasteiger partial charge in [-0.05, 0) is 60.2 Å². The van der Waals surface area contributed by atoms with Crippen LogP contribution in [-0.2, 0) is 9.59 Å². The van der Waals surface area contributed by atoms with E-state index >= 15 is 0 Å². The summed E-state index contributed by atoms with van der Waals surface area (Å²) in [5, 5.41) is 10.7. The highest BCUT2D eigenvalue weighted by atomic mass is 32.2. The summed E-state index contributed by atoms with van der Waals surface area (Å²) < 4.78 is 0. The van der Waals surface area contributed by atoms with Gasteiger partial charge in [0.25, 0.3) is 11.8 Å². The molecule has 0 saturated carbocycles. The molecule has 0 saturated heterocycles. The lowest BCUT2D eigenvalue weighted by Gasteiger charge is -2.13. The van der Waals surface area contributed by atoms with E-state index < -0.39 is 5.91 Å². The maximum absolute atomic E-state index is 13.2. The summed E-state index contributed by atoms with van der Waals surface area (Å²) in [5.41, 5.74) is 2.89. The van der Waals surface area contributed by atoms with Crippen LogP contribution in [0.5, 0.6) is 0 Å². The highest BCUT2D eigenvalue weighted by Gasteiger charge is 2.15. The molecule has 3 amide bonds. The lowest BCUT2D eigenvalue weighted by atomic mass is 10.1. The van der Waals surface area contributed by atoms with Gasteiger partial charge < -0.3 is 20.9 Å². The highest BCUT2D eigenvalue weighted by Crippen LogP contribution is 2.22. The fourth-order valence-electron chi connectivity index (χ4n) is 3.40. The van der Waals surface area contributed by atoms with Crippen LogP contribution in [0.3, 0.4) is 0 Å². The van der Waals surface area contributed by atoms with Crippen molar-refractivity contribution in [3.05, 3.63) is 107 Å². The molecule has 4 rings (SSSR count). The van der Waals surface area contributed by atoms with E-state index in [0.29, 0.717) is 16.4 Å². The van der Waals surface area contributed by atoms with Crippen molar-refractivity contribution in [1.82, 2.24) is 10.3 Å². The number of anilines is 3. The minimum Gasteiger partial charge on any atom is -0.378 e. The molecule has 10 heteroatoms. The average Bonchev–Trinajstić information content (AvgIpc) is 3.46. The molecule has 0 atom stereocenters. The van der Waals surface area contributed by atoms with Gasteiger partial charge in [-0.15, -0.1) is 23.1 Å². The monoisotopic (exact) mass is 557 g/mol. The molecule has 0 unspecified atom stereocenters. The normalized spacial score (nSPS) is 11.0. The standard InChI is InChI=1S/C29H27N5O3S2/c1-34(2)23-12-8-20(9-13-23)18-25(32-27(36)21-6-4-3-5-7-21)28(37)31-22-10-14-24(15-11-22)39-19-26(35)33-29-30-16-17-38-29/h3-18H,19H2,1-2H3,(H,31,37)(H,32,36)(H,30,33,35)/b25-18-. The first-order chi connectivity index (χ1) is 18.9. The van der Waals surface area contributed by atoms with E-state index in [0.717, 1.165) is 16.1 Å². The van der Waals surface area contributed by atoms with Gasteiger partial charge in [-0.2, -0.15) is 0 Å². The topological polar surface area (TPSA) is 103 Å². The smallest absolute Gasteiger partial charge is 0.272 e. The van der Waals surface area contributed by atoms with Crippen molar-refractivity contribution in [2.24, 2.45) is 0 Å². The molecule has 198 valence electrons. The van der Waals surface area contributed by atoms with Gasteiger partial charge >= 0.3 is 0 Å². The Hall–Kier alpha value is -4.41. The van der Waals surface area contributed by atoms with Crippen LogP contribution in [0.2, 0.25) is 0 Å². The Morgan fingerprint density at radius 2 is 1.64 bits per heavy atom. The summed E-state index contributed by atoms with van der Waals surface area (Å²) >= 11 is 2.74. The molecule has 0 spiro atoms. The molecule has 0 aliphatic rings. The van der Waals surface area contributed by atoms with Crippen LogP contribution < -0.4 is 20.9 Å². The van der Waals surface area contributed by atoms with Gasteiger partial charge in [-0.25, -0.2) is 4.98 Å². The second-order valence-electron chi connectivity index (χ2n) is 8.52. The van der Waals surface area contributed by atoms with Crippen LogP contribution in [0.4, 0.5) is 16.5 Å². The molecule has 0 aliphatic heterocycles. The Kier molecular flexibility index (Phi) is 9.49. The molecule has 0 radical (unpaired) electrons. The predicted molar refractivity (Wildman–Crippen MR) is 159 cm³/mol. The SMILES string of the molecule is CN(C)c1ccc(/C=C(\NC(=O)c2ccccc2)C(=O)Nc2ccc(SCC(=O)Nc3nccs3)cc2)cc1. The molecule has 0 aliphatic carbocycles. The number of nitrogens with zero attached hydrogens (tertiary/aromatic N) is 2. The fraction of sp³-hybridized carbons (Fsp3) is 0.103. The number of hydrogen-bond donors (Lipinski definition) is 3. The first-order valence-electron chi connectivity index (χ1n) is 12.0. The second kappa shape index (κ2) is 13.4. The number of thiazole rings is 1. The van der Waals surface area contributed by atoms with Crippen LogP contribution >= 0.6 is 23.1 Å². The number of thioether (sulfide) groups is 1. The van der Waals surface area contributed by atoms with E-state index in [9.17, 15) is 14.4 Å². The van der Waals surface area contributed by atoms with E-state index in [-0.39, 0.29) is 23.3 Å². The number of carbonyl (C=O) groups is 3. The molecule has 0 bridgehead atoms. The summed E-state index contributed by atoms with van der Waals surface area (Å²) in [6.45, 7) is 0. The number of nitrogens with one attached hydrogen (secondary N) is 3. The van der Waals surface area contributed by atoms with Gasteiger partial charge in [0.05, 0.1) is 5.75 Å².